The fourth-order valence-electron chi connectivity index (χ4n) is 2.06. The van der Waals surface area contributed by atoms with Crippen molar-refractivity contribution < 1.29 is 0 Å². The lowest BCUT2D eigenvalue weighted by atomic mass is 10.1. The van der Waals surface area contributed by atoms with Crippen LogP contribution >= 0.6 is 0 Å². The Morgan fingerprint density at radius 3 is 1.19 bits per heavy atom. The molecule has 0 bridgehead atoms. The van der Waals surface area contributed by atoms with Gasteiger partial charge in [0.1, 0.15) is 0 Å². The zero-order chi connectivity index (χ0) is 11.3. The van der Waals surface area contributed by atoms with Gasteiger partial charge in [0.15, 0.2) is 0 Å². The van der Waals surface area contributed by atoms with E-state index >= 15 is 0 Å². The van der Waals surface area contributed by atoms with E-state index in [9.17, 15) is 0 Å². The van der Waals surface area contributed by atoms with Gasteiger partial charge in [-0.05, 0) is 25.7 Å². The largest absolute Gasteiger partial charge is 0.0845 e. The van der Waals surface area contributed by atoms with E-state index in [0.29, 0.717) is 0 Å². The molecule has 0 atom stereocenters. The third kappa shape index (κ3) is 8.52. The lowest BCUT2D eigenvalue weighted by molar-refractivity contribution is 0.571. The normalized spacial score (nSPS) is 27.0. The van der Waals surface area contributed by atoms with E-state index in [2.05, 4.69) is 36.5 Å². The van der Waals surface area contributed by atoms with Crippen molar-refractivity contribution in [1.82, 2.24) is 0 Å². The highest BCUT2D eigenvalue weighted by atomic mass is 14.0. The van der Waals surface area contributed by atoms with Crippen LogP contribution in [-0.4, -0.2) is 0 Å². The summed E-state index contributed by atoms with van der Waals surface area (Å²) < 4.78 is 0. The smallest absolute Gasteiger partial charge is 0.0348 e. The molecule has 0 aromatic rings. The molecule has 1 aliphatic rings. The van der Waals surface area contributed by atoms with Crippen molar-refractivity contribution in [2.75, 3.05) is 0 Å². The molecule has 0 radical (unpaired) electrons. The minimum absolute atomic E-state index is 1.24. The minimum Gasteiger partial charge on any atom is -0.0845 e. The molecule has 0 unspecified atom stereocenters. The standard InChI is InChI=1S/C16H26/c1-2-4-6-8-10-12-14-16-15-13-11-9-7-5-3-1/h1-6H,7-16H2/b2-1-,5-3-,6-4-. The summed E-state index contributed by atoms with van der Waals surface area (Å²) >= 11 is 0. The zero-order valence-electron chi connectivity index (χ0n) is 10.5. The molecule has 0 aromatic carbocycles. The molecule has 0 nitrogen and oxygen atoms in total. The van der Waals surface area contributed by atoms with E-state index in [1.165, 1.54) is 64.2 Å². The Labute approximate surface area is 101 Å². The van der Waals surface area contributed by atoms with Crippen LogP contribution < -0.4 is 0 Å². The molecule has 0 saturated heterocycles. The van der Waals surface area contributed by atoms with Crippen molar-refractivity contribution in [3.8, 4) is 0 Å². The van der Waals surface area contributed by atoms with Crippen LogP contribution in [0.3, 0.4) is 0 Å². The Kier molecular flexibility index (Phi) is 8.91. The molecule has 0 aliphatic heterocycles. The minimum atomic E-state index is 1.24. The lowest BCUT2D eigenvalue weighted by Crippen LogP contribution is -1.81. The van der Waals surface area contributed by atoms with Gasteiger partial charge in [0, 0.05) is 0 Å². The summed E-state index contributed by atoms with van der Waals surface area (Å²) in [6.07, 6.45) is 27.0. The van der Waals surface area contributed by atoms with Gasteiger partial charge in [-0.15, -0.1) is 0 Å². The Hall–Kier alpha value is -0.780. The molecule has 1 aliphatic carbocycles. The highest BCUT2D eigenvalue weighted by Crippen LogP contribution is 2.11. The van der Waals surface area contributed by atoms with Crippen molar-refractivity contribution >= 4 is 0 Å². The summed E-state index contributed by atoms with van der Waals surface area (Å²) in [6.45, 7) is 0. The van der Waals surface area contributed by atoms with Crippen LogP contribution in [0.25, 0.3) is 0 Å². The fourth-order valence-corrected chi connectivity index (χ4v) is 2.06. The number of hydrogen-bond acceptors (Lipinski definition) is 0. The quantitative estimate of drug-likeness (QED) is 0.498. The summed E-state index contributed by atoms with van der Waals surface area (Å²) in [5.74, 6) is 0. The van der Waals surface area contributed by atoms with Gasteiger partial charge in [-0.1, -0.05) is 75.0 Å². The van der Waals surface area contributed by atoms with Crippen molar-refractivity contribution in [2.45, 2.75) is 64.2 Å². The maximum Gasteiger partial charge on any atom is -0.0348 e. The molecular formula is C16H26. The molecule has 0 N–H and O–H groups in total. The van der Waals surface area contributed by atoms with Gasteiger partial charge >= 0.3 is 0 Å². The Bertz CT molecular complexity index is 196. The summed E-state index contributed by atoms with van der Waals surface area (Å²) in [7, 11) is 0. The van der Waals surface area contributed by atoms with Gasteiger partial charge in [-0.3, -0.25) is 0 Å². The van der Waals surface area contributed by atoms with Crippen LogP contribution in [0.2, 0.25) is 0 Å². The second kappa shape index (κ2) is 10.7. The molecule has 0 heteroatoms. The molecule has 16 heavy (non-hydrogen) atoms. The SMILES string of the molecule is C1=C\C=C/CCCCCCCCCC\C=C/1. The predicted octanol–water partition coefficient (Wildman–Crippen LogP) is 5.57. The summed E-state index contributed by atoms with van der Waals surface area (Å²) in [5, 5.41) is 0. The number of allylic oxidation sites excluding steroid dienone is 6. The van der Waals surface area contributed by atoms with Crippen molar-refractivity contribution in [2.24, 2.45) is 0 Å². The highest BCUT2D eigenvalue weighted by molar-refractivity contribution is 5.10. The molecular weight excluding hydrogens is 192 g/mol. The van der Waals surface area contributed by atoms with E-state index < -0.39 is 0 Å². The molecule has 0 saturated carbocycles. The number of rotatable bonds is 0. The van der Waals surface area contributed by atoms with E-state index in [1.54, 1.807) is 0 Å². The van der Waals surface area contributed by atoms with Crippen LogP contribution in [-0.2, 0) is 0 Å². The first-order chi connectivity index (χ1) is 8.00. The first-order valence-electron chi connectivity index (χ1n) is 6.98. The van der Waals surface area contributed by atoms with Crippen LogP contribution in [0.1, 0.15) is 64.2 Å². The van der Waals surface area contributed by atoms with Crippen molar-refractivity contribution in [1.29, 1.82) is 0 Å². The molecule has 1 rings (SSSR count). The highest BCUT2D eigenvalue weighted by Gasteiger charge is 1.91. The Balaban J connectivity index is 2.23. The topological polar surface area (TPSA) is 0 Å². The van der Waals surface area contributed by atoms with Gasteiger partial charge in [-0.2, -0.15) is 0 Å². The molecule has 0 aromatic heterocycles. The molecule has 0 amide bonds. The van der Waals surface area contributed by atoms with Crippen LogP contribution in [0.4, 0.5) is 0 Å². The fraction of sp³-hybridized carbons (Fsp3) is 0.625. The summed E-state index contributed by atoms with van der Waals surface area (Å²) in [6, 6.07) is 0. The second-order valence-electron chi connectivity index (χ2n) is 4.65. The van der Waals surface area contributed by atoms with Gasteiger partial charge in [-0.25, -0.2) is 0 Å². The van der Waals surface area contributed by atoms with Crippen molar-refractivity contribution in [3.05, 3.63) is 36.5 Å². The molecule has 0 fully saturated rings. The predicted molar refractivity (Wildman–Crippen MR) is 73.6 cm³/mol. The maximum absolute atomic E-state index is 2.29. The van der Waals surface area contributed by atoms with Gasteiger partial charge in [0.05, 0.1) is 0 Å². The monoisotopic (exact) mass is 218 g/mol. The van der Waals surface area contributed by atoms with Crippen molar-refractivity contribution in [3.63, 3.8) is 0 Å². The van der Waals surface area contributed by atoms with Gasteiger partial charge in [0.2, 0.25) is 0 Å². The van der Waals surface area contributed by atoms with Crippen LogP contribution in [0, 0.1) is 0 Å². The van der Waals surface area contributed by atoms with E-state index in [0.717, 1.165) is 0 Å². The molecule has 0 spiro atoms. The summed E-state index contributed by atoms with van der Waals surface area (Å²) in [5.41, 5.74) is 0. The second-order valence-corrected chi connectivity index (χ2v) is 4.65. The maximum atomic E-state index is 2.29. The average molecular weight is 218 g/mol. The van der Waals surface area contributed by atoms with Gasteiger partial charge in [0.25, 0.3) is 0 Å². The third-order valence-corrected chi connectivity index (χ3v) is 3.10. The molecule has 0 heterocycles. The molecule has 90 valence electrons. The Morgan fingerprint density at radius 2 is 0.750 bits per heavy atom. The first kappa shape index (κ1) is 13.3. The average Bonchev–Trinajstić information content (AvgIpc) is 2.29. The third-order valence-electron chi connectivity index (χ3n) is 3.10. The zero-order valence-corrected chi connectivity index (χ0v) is 10.5. The number of hydrogen-bond donors (Lipinski definition) is 0. The summed E-state index contributed by atoms with van der Waals surface area (Å²) in [4.78, 5) is 0. The van der Waals surface area contributed by atoms with Crippen LogP contribution in [0.15, 0.2) is 36.5 Å². The lowest BCUT2D eigenvalue weighted by Gasteiger charge is -2.00. The first-order valence-corrected chi connectivity index (χ1v) is 6.98. The van der Waals surface area contributed by atoms with Crippen LogP contribution in [0.5, 0.6) is 0 Å². The van der Waals surface area contributed by atoms with E-state index in [4.69, 9.17) is 0 Å². The Morgan fingerprint density at radius 1 is 0.375 bits per heavy atom. The van der Waals surface area contributed by atoms with E-state index in [-0.39, 0.29) is 0 Å². The van der Waals surface area contributed by atoms with E-state index in [1.807, 2.05) is 0 Å². The van der Waals surface area contributed by atoms with Gasteiger partial charge < -0.3 is 0 Å².